The van der Waals surface area contributed by atoms with Crippen molar-refractivity contribution >= 4 is 59.4 Å². The van der Waals surface area contributed by atoms with E-state index in [1.165, 1.54) is 0 Å². The van der Waals surface area contributed by atoms with Crippen LogP contribution in [0.5, 0.6) is 0 Å². The third-order valence-electron chi connectivity index (χ3n) is 2.45. The molecule has 0 radical (unpaired) electrons. The summed E-state index contributed by atoms with van der Waals surface area (Å²) < 4.78 is 2.77. The molecule has 0 aromatic heterocycles. The summed E-state index contributed by atoms with van der Waals surface area (Å²) in [5, 5.41) is 6.11. The molecule has 0 spiro atoms. The van der Waals surface area contributed by atoms with Crippen LogP contribution in [0.25, 0.3) is 0 Å². The Morgan fingerprint density at radius 3 is 2.16 bits per heavy atom. The molecule has 19 heavy (non-hydrogen) atoms. The van der Waals surface area contributed by atoms with Crippen molar-refractivity contribution < 1.29 is 4.79 Å². The zero-order chi connectivity index (χ0) is 14.6. The second-order valence-corrected chi connectivity index (χ2v) is 7.37. The van der Waals surface area contributed by atoms with Gasteiger partial charge in [0.25, 0.3) is 0 Å². The molecule has 1 aromatic rings. The zero-order valence-corrected chi connectivity index (χ0v) is 15.8. The molecular weight excluding hydrogens is 440 g/mol. The Labute approximate surface area is 139 Å². The lowest BCUT2D eigenvalue weighted by molar-refractivity contribution is -0.121. The van der Waals surface area contributed by atoms with Crippen LogP contribution in [-0.2, 0) is 4.79 Å². The molecule has 1 rings (SSSR count). The molecule has 6 heteroatoms. The predicted molar refractivity (Wildman–Crippen MR) is 90.5 cm³/mol. The monoisotopic (exact) mass is 454 g/mol. The molecule has 0 bridgehead atoms. The molecule has 1 aromatic carbocycles. The maximum atomic E-state index is 11.9. The Morgan fingerprint density at radius 2 is 1.68 bits per heavy atom. The van der Waals surface area contributed by atoms with Crippen LogP contribution < -0.4 is 10.6 Å². The van der Waals surface area contributed by atoms with E-state index in [2.05, 4.69) is 72.3 Å². The zero-order valence-electron chi connectivity index (χ0n) is 11.1. The van der Waals surface area contributed by atoms with Crippen molar-refractivity contribution in [2.24, 2.45) is 5.92 Å². The van der Waals surface area contributed by atoms with Crippen molar-refractivity contribution in [3.8, 4) is 0 Å². The van der Waals surface area contributed by atoms with Crippen LogP contribution in [0.4, 0.5) is 5.69 Å². The molecule has 3 nitrogen and oxygen atoms in total. The predicted octanol–water partition coefficient (Wildman–Crippen LogP) is 4.55. The van der Waals surface area contributed by atoms with E-state index in [9.17, 15) is 4.79 Å². The number of benzene rings is 1. The Kier molecular flexibility index (Phi) is 6.83. The molecule has 0 saturated heterocycles. The van der Waals surface area contributed by atoms with Crippen LogP contribution in [-0.4, -0.2) is 18.5 Å². The largest absolute Gasteiger partial charge is 0.372 e. The minimum atomic E-state index is -0.299. The molecule has 1 unspecified atom stereocenters. The van der Waals surface area contributed by atoms with E-state index in [-0.39, 0.29) is 11.9 Å². The summed E-state index contributed by atoms with van der Waals surface area (Å²) in [6.45, 7) is 6.67. The first-order valence-electron chi connectivity index (χ1n) is 6.00. The van der Waals surface area contributed by atoms with Crippen molar-refractivity contribution in [3.63, 3.8) is 0 Å². The molecule has 0 saturated carbocycles. The fraction of sp³-hybridized carbons (Fsp3) is 0.462. The highest BCUT2D eigenvalue weighted by molar-refractivity contribution is 9.11. The van der Waals surface area contributed by atoms with Gasteiger partial charge in [0, 0.05) is 20.0 Å². The highest BCUT2D eigenvalue weighted by Crippen LogP contribution is 2.34. The number of anilines is 1. The van der Waals surface area contributed by atoms with Gasteiger partial charge in [-0.05, 0) is 56.8 Å². The van der Waals surface area contributed by atoms with Crippen molar-refractivity contribution in [2.45, 2.75) is 26.8 Å². The first kappa shape index (κ1) is 17.0. The molecule has 106 valence electrons. The number of hydrogen-bond acceptors (Lipinski definition) is 2. The Morgan fingerprint density at radius 1 is 1.16 bits per heavy atom. The maximum absolute atomic E-state index is 11.9. The first-order chi connectivity index (χ1) is 8.81. The standard InChI is InChI=1S/C13H17Br3N2O/c1-7(2)6-17-13(19)8(3)18-12-10(15)4-9(14)5-11(12)16/h4-5,7-8,18H,6H2,1-3H3,(H,17,19). The van der Waals surface area contributed by atoms with E-state index in [0.29, 0.717) is 12.5 Å². The van der Waals surface area contributed by atoms with Gasteiger partial charge in [-0.15, -0.1) is 0 Å². The molecule has 1 atom stereocenters. The summed E-state index contributed by atoms with van der Waals surface area (Å²) in [6, 6.07) is 3.57. The fourth-order valence-electron chi connectivity index (χ4n) is 1.42. The van der Waals surface area contributed by atoms with Crippen LogP contribution in [0, 0.1) is 5.92 Å². The number of halogens is 3. The lowest BCUT2D eigenvalue weighted by Crippen LogP contribution is -2.39. The van der Waals surface area contributed by atoms with Gasteiger partial charge in [-0.3, -0.25) is 4.79 Å². The molecule has 1 amide bonds. The fourth-order valence-corrected chi connectivity index (χ4v) is 3.91. The highest BCUT2D eigenvalue weighted by atomic mass is 79.9. The van der Waals surface area contributed by atoms with Gasteiger partial charge in [0.05, 0.1) is 5.69 Å². The minimum absolute atomic E-state index is 0.00424. The van der Waals surface area contributed by atoms with E-state index in [1.807, 2.05) is 19.1 Å². The average Bonchev–Trinajstić information content (AvgIpc) is 2.30. The lowest BCUT2D eigenvalue weighted by Gasteiger charge is -2.18. The number of rotatable bonds is 5. The van der Waals surface area contributed by atoms with E-state index < -0.39 is 0 Å². The summed E-state index contributed by atoms with van der Waals surface area (Å²) in [4.78, 5) is 11.9. The summed E-state index contributed by atoms with van der Waals surface area (Å²) in [7, 11) is 0. The van der Waals surface area contributed by atoms with Gasteiger partial charge >= 0.3 is 0 Å². The Balaban J connectivity index is 2.71. The summed E-state index contributed by atoms with van der Waals surface area (Å²) >= 11 is 10.4. The molecular formula is C13H17Br3N2O. The van der Waals surface area contributed by atoms with Gasteiger partial charge in [-0.2, -0.15) is 0 Å². The smallest absolute Gasteiger partial charge is 0.242 e. The molecule has 0 fully saturated rings. The van der Waals surface area contributed by atoms with E-state index in [4.69, 9.17) is 0 Å². The Bertz CT molecular complexity index is 440. The third-order valence-corrected chi connectivity index (χ3v) is 4.15. The van der Waals surface area contributed by atoms with E-state index in [0.717, 1.165) is 19.1 Å². The summed E-state index contributed by atoms with van der Waals surface area (Å²) in [6.07, 6.45) is 0. The van der Waals surface area contributed by atoms with Gasteiger partial charge in [0.2, 0.25) is 5.91 Å². The quantitative estimate of drug-likeness (QED) is 0.682. The van der Waals surface area contributed by atoms with Gasteiger partial charge in [0.1, 0.15) is 6.04 Å². The van der Waals surface area contributed by atoms with E-state index >= 15 is 0 Å². The molecule has 0 aliphatic carbocycles. The highest BCUT2D eigenvalue weighted by Gasteiger charge is 2.16. The SMILES string of the molecule is CC(C)CNC(=O)C(C)Nc1c(Br)cc(Br)cc1Br. The Hall–Kier alpha value is -0.0700. The molecule has 0 aliphatic heterocycles. The van der Waals surface area contributed by atoms with Gasteiger partial charge in [-0.25, -0.2) is 0 Å². The van der Waals surface area contributed by atoms with Crippen LogP contribution in [0.1, 0.15) is 20.8 Å². The van der Waals surface area contributed by atoms with Gasteiger partial charge in [-0.1, -0.05) is 29.8 Å². The molecule has 2 N–H and O–H groups in total. The number of amides is 1. The lowest BCUT2D eigenvalue weighted by atomic mass is 10.2. The normalized spacial score (nSPS) is 12.4. The number of nitrogens with one attached hydrogen (secondary N) is 2. The van der Waals surface area contributed by atoms with Crippen LogP contribution in [0.2, 0.25) is 0 Å². The number of hydrogen-bond donors (Lipinski definition) is 2. The second kappa shape index (κ2) is 7.64. The molecule has 0 heterocycles. The van der Waals surface area contributed by atoms with Crippen molar-refractivity contribution in [2.75, 3.05) is 11.9 Å². The maximum Gasteiger partial charge on any atom is 0.242 e. The number of carbonyl (C=O) groups excluding carboxylic acids is 1. The van der Waals surface area contributed by atoms with Gasteiger partial charge < -0.3 is 10.6 Å². The topological polar surface area (TPSA) is 41.1 Å². The van der Waals surface area contributed by atoms with Crippen LogP contribution in [0.3, 0.4) is 0 Å². The van der Waals surface area contributed by atoms with Crippen LogP contribution >= 0.6 is 47.8 Å². The summed E-state index contributed by atoms with van der Waals surface area (Å²) in [5.41, 5.74) is 0.871. The summed E-state index contributed by atoms with van der Waals surface area (Å²) in [5.74, 6) is 0.442. The number of carbonyl (C=O) groups is 1. The van der Waals surface area contributed by atoms with Gasteiger partial charge in [0.15, 0.2) is 0 Å². The van der Waals surface area contributed by atoms with Crippen molar-refractivity contribution in [1.82, 2.24) is 5.32 Å². The van der Waals surface area contributed by atoms with E-state index in [1.54, 1.807) is 0 Å². The van der Waals surface area contributed by atoms with Crippen LogP contribution in [0.15, 0.2) is 25.6 Å². The molecule has 0 aliphatic rings. The van der Waals surface area contributed by atoms with Crippen molar-refractivity contribution in [1.29, 1.82) is 0 Å². The third kappa shape index (κ3) is 5.44. The van der Waals surface area contributed by atoms with Crippen molar-refractivity contribution in [3.05, 3.63) is 25.6 Å². The minimum Gasteiger partial charge on any atom is -0.372 e. The first-order valence-corrected chi connectivity index (χ1v) is 8.38. The average molecular weight is 457 g/mol. The second-order valence-electron chi connectivity index (χ2n) is 4.75.